The number of halogens is 2. The fourth-order valence-electron chi connectivity index (χ4n) is 2.13. The quantitative estimate of drug-likeness (QED) is 0.606. The molecule has 1 amide bonds. The predicted octanol–water partition coefficient (Wildman–Crippen LogP) is 5.52. The van der Waals surface area contributed by atoms with Crippen molar-refractivity contribution in [3.05, 3.63) is 62.7 Å². The van der Waals surface area contributed by atoms with E-state index in [-0.39, 0.29) is 5.91 Å². The van der Waals surface area contributed by atoms with Gasteiger partial charge in [0.05, 0.1) is 0 Å². The number of anilines is 1. The smallest absolute Gasteiger partial charge is 0.291 e. The van der Waals surface area contributed by atoms with Crippen molar-refractivity contribution in [1.29, 1.82) is 0 Å². The zero-order valence-corrected chi connectivity index (χ0v) is 14.3. The Morgan fingerprint density at radius 1 is 1.05 bits per heavy atom. The number of fused-ring (bicyclic) bond motifs is 1. The van der Waals surface area contributed by atoms with E-state index in [1.807, 2.05) is 49.4 Å². The zero-order valence-electron chi connectivity index (χ0n) is 11.1. The number of nitrogens with one attached hydrogen (secondary N) is 1. The molecular weight excluding hydrogens is 398 g/mol. The third-order valence-electron chi connectivity index (χ3n) is 3.21. The van der Waals surface area contributed by atoms with Crippen molar-refractivity contribution in [2.75, 3.05) is 5.32 Å². The molecule has 0 bridgehead atoms. The minimum Gasteiger partial charge on any atom is -0.451 e. The fourth-order valence-corrected chi connectivity index (χ4v) is 2.76. The standard InChI is InChI=1S/C16H11Br2NO2/c1-9-13-8-11(18)4-7-14(13)21-15(9)16(20)19-12-5-2-10(17)3-6-12/h2-8H,1H3,(H,19,20). The monoisotopic (exact) mass is 407 g/mol. The number of hydrogen-bond acceptors (Lipinski definition) is 2. The highest BCUT2D eigenvalue weighted by atomic mass is 79.9. The molecular formula is C16H11Br2NO2. The van der Waals surface area contributed by atoms with Gasteiger partial charge < -0.3 is 9.73 Å². The molecule has 0 saturated heterocycles. The first-order chi connectivity index (χ1) is 10.0. The molecule has 0 saturated carbocycles. The van der Waals surface area contributed by atoms with Crippen LogP contribution in [0.5, 0.6) is 0 Å². The van der Waals surface area contributed by atoms with Crippen LogP contribution in [0.2, 0.25) is 0 Å². The summed E-state index contributed by atoms with van der Waals surface area (Å²) >= 11 is 6.79. The second kappa shape index (κ2) is 5.66. The van der Waals surface area contributed by atoms with Gasteiger partial charge in [-0.2, -0.15) is 0 Å². The van der Waals surface area contributed by atoms with Crippen molar-refractivity contribution in [1.82, 2.24) is 0 Å². The average Bonchev–Trinajstić information content (AvgIpc) is 2.79. The van der Waals surface area contributed by atoms with Crippen molar-refractivity contribution in [2.45, 2.75) is 6.92 Å². The number of carbonyl (C=O) groups excluding carboxylic acids is 1. The molecule has 3 nitrogen and oxygen atoms in total. The average molecular weight is 409 g/mol. The van der Waals surface area contributed by atoms with Gasteiger partial charge in [0.1, 0.15) is 5.58 Å². The normalized spacial score (nSPS) is 10.8. The van der Waals surface area contributed by atoms with Gasteiger partial charge in [-0.25, -0.2) is 0 Å². The van der Waals surface area contributed by atoms with Crippen molar-refractivity contribution in [3.8, 4) is 0 Å². The first-order valence-electron chi connectivity index (χ1n) is 6.30. The van der Waals surface area contributed by atoms with Crippen molar-refractivity contribution in [3.63, 3.8) is 0 Å². The Morgan fingerprint density at radius 3 is 2.43 bits per heavy atom. The maximum Gasteiger partial charge on any atom is 0.291 e. The summed E-state index contributed by atoms with van der Waals surface area (Å²) in [6, 6.07) is 13.1. The highest BCUT2D eigenvalue weighted by Crippen LogP contribution is 2.28. The van der Waals surface area contributed by atoms with E-state index in [2.05, 4.69) is 37.2 Å². The second-order valence-corrected chi connectivity index (χ2v) is 6.49. The summed E-state index contributed by atoms with van der Waals surface area (Å²) in [6.07, 6.45) is 0. The summed E-state index contributed by atoms with van der Waals surface area (Å²) in [4.78, 5) is 12.3. The number of benzene rings is 2. The first-order valence-corrected chi connectivity index (χ1v) is 7.89. The molecule has 0 spiro atoms. The second-order valence-electron chi connectivity index (χ2n) is 4.66. The van der Waals surface area contributed by atoms with Gasteiger partial charge >= 0.3 is 0 Å². The Morgan fingerprint density at radius 2 is 1.71 bits per heavy atom. The lowest BCUT2D eigenvalue weighted by Gasteiger charge is -2.03. The van der Waals surface area contributed by atoms with Gasteiger partial charge in [-0.3, -0.25) is 4.79 Å². The Kier molecular flexibility index (Phi) is 3.87. The highest BCUT2D eigenvalue weighted by molar-refractivity contribution is 9.10. The van der Waals surface area contributed by atoms with Crippen LogP contribution in [-0.4, -0.2) is 5.91 Å². The molecule has 0 aliphatic carbocycles. The lowest BCUT2D eigenvalue weighted by atomic mass is 10.1. The number of hydrogen-bond donors (Lipinski definition) is 1. The van der Waals surface area contributed by atoms with Gasteiger partial charge in [0.25, 0.3) is 5.91 Å². The van der Waals surface area contributed by atoms with Crippen molar-refractivity contribution >= 4 is 54.4 Å². The van der Waals surface area contributed by atoms with Crippen molar-refractivity contribution < 1.29 is 9.21 Å². The summed E-state index contributed by atoms with van der Waals surface area (Å²) in [5.41, 5.74) is 2.27. The van der Waals surface area contributed by atoms with E-state index in [9.17, 15) is 4.79 Å². The number of rotatable bonds is 2. The third-order valence-corrected chi connectivity index (χ3v) is 4.23. The lowest BCUT2D eigenvalue weighted by molar-refractivity contribution is 0.0998. The molecule has 0 fully saturated rings. The van der Waals surface area contributed by atoms with Crippen LogP contribution >= 0.6 is 31.9 Å². The fraction of sp³-hybridized carbons (Fsp3) is 0.0625. The van der Waals surface area contributed by atoms with E-state index in [4.69, 9.17) is 4.42 Å². The van der Waals surface area contributed by atoms with Crippen molar-refractivity contribution in [2.24, 2.45) is 0 Å². The molecule has 106 valence electrons. The topological polar surface area (TPSA) is 42.2 Å². The Bertz CT molecular complexity index is 822. The van der Waals surface area contributed by atoms with Crippen LogP contribution in [0.1, 0.15) is 16.1 Å². The van der Waals surface area contributed by atoms with Crippen LogP contribution in [0.3, 0.4) is 0 Å². The van der Waals surface area contributed by atoms with Gasteiger partial charge in [0.2, 0.25) is 0 Å². The molecule has 3 aromatic rings. The largest absolute Gasteiger partial charge is 0.451 e. The zero-order chi connectivity index (χ0) is 15.0. The minimum atomic E-state index is -0.248. The summed E-state index contributed by atoms with van der Waals surface area (Å²) in [5.74, 6) is 0.0909. The molecule has 0 aliphatic heterocycles. The maximum absolute atomic E-state index is 12.3. The predicted molar refractivity (Wildman–Crippen MR) is 90.7 cm³/mol. The molecule has 5 heteroatoms. The van der Waals surface area contributed by atoms with Crippen LogP contribution in [0, 0.1) is 6.92 Å². The summed E-state index contributed by atoms with van der Waals surface area (Å²) in [7, 11) is 0. The SMILES string of the molecule is Cc1c(C(=O)Nc2ccc(Br)cc2)oc2ccc(Br)cc12. The molecule has 0 unspecified atom stereocenters. The lowest BCUT2D eigenvalue weighted by Crippen LogP contribution is -2.11. The number of furan rings is 1. The number of aryl methyl sites for hydroxylation is 1. The van der Waals surface area contributed by atoms with Crippen LogP contribution in [0.15, 0.2) is 55.8 Å². The van der Waals surface area contributed by atoms with Gasteiger partial charge in [-0.15, -0.1) is 0 Å². The van der Waals surface area contributed by atoms with E-state index in [1.165, 1.54) is 0 Å². The summed E-state index contributed by atoms with van der Waals surface area (Å²) < 4.78 is 7.59. The number of amides is 1. The molecule has 2 aromatic carbocycles. The molecule has 21 heavy (non-hydrogen) atoms. The van der Waals surface area contributed by atoms with E-state index in [1.54, 1.807) is 0 Å². The molecule has 0 aliphatic rings. The molecule has 1 N–H and O–H groups in total. The van der Waals surface area contributed by atoms with Gasteiger partial charge in [-0.1, -0.05) is 31.9 Å². The maximum atomic E-state index is 12.3. The Labute approximate surface area is 138 Å². The molecule has 0 radical (unpaired) electrons. The Balaban J connectivity index is 1.94. The molecule has 1 aromatic heterocycles. The van der Waals surface area contributed by atoms with E-state index in [0.29, 0.717) is 11.3 Å². The van der Waals surface area contributed by atoms with Gasteiger partial charge in [-0.05, 0) is 49.4 Å². The summed E-state index contributed by atoms with van der Waals surface area (Å²) in [5, 5.41) is 3.77. The third kappa shape index (κ3) is 2.89. The van der Waals surface area contributed by atoms with Crippen LogP contribution in [0.4, 0.5) is 5.69 Å². The molecule has 3 rings (SSSR count). The first kappa shape index (κ1) is 14.4. The van der Waals surface area contributed by atoms with Gasteiger partial charge in [0, 0.05) is 25.6 Å². The van der Waals surface area contributed by atoms with E-state index in [0.717, 1.165) is 25.6 Å². The van der Waals surface area contributed by atoms with E-state index >= 15 is 0 Å². The van der Waals surface area contributed by atoms with Crippen LogP contribution in [-0.2, 0) is 0 Å². The van der Waals surface area contributed by atoms with Crippen LogP contribution in [0.25, 0.3) is 11.0 Å². The molecule has 0 atom stereocenters. The number of carbonyl (C=O) groups is 1. The van der Waals surface area contributed by atoms with Gasteiger partial charge in [0.15, 0.2) is 5.76 Å². The Hall–Kier alpha value is -1.59. The summed E-state index contributed by atoms with van der Waals surface area (Å²) in [6.45, 7) is 1.88. The van der Waals surface area contributed by atoms with E-state index < -0.39 is 0 Å². The molecule has 1 heterocycles. The highest BCUT2D eigenvalue weighted by Gasteiger charge is 2.17. The van der Waals surface area contributed by atoms with Crippen LogP contribution < -0.4 is 5.32 Å². The minimum absolute atomic E-state index is 0.248.